The molecule has 0 aliphatic carbocycles. The standard InChI is InChI=1S/C14H13F3N2O3.C13H13F3N2O.C4H10/c15-14(16,17)9-1-2-11-10(7-9)12(18-22-11)8-3-5-19(6-4-8)13(20)21;14-13(15,16)9-1-2-11-10(7-9)12(18-19-11)8-3-5-17-6-4-8;1-4(2)3/h1-2,7-8H,3-6H2,(H,20,21);1-2,7-8,17H,3-6H2;4H,1-3H3. The molecule has 6 rings (SSSR count). The number of benzene rings is 2. The van der Waals surface area contributed by atoms with Crippen LogP contribution in [0.25, 0.3) is 21.9 Å². The van der Waals surface area contributed by atoms with E-state index in [1.807, 2.05) is 0 Å². The molecule has 0 radical (unpaired) electrons. The van der Waals surface area contributed by atoms with Gasteiger partial charge in [-0.25, -0.2) is 4.79 Å². The first-order valence-electron chi connectivity index (χ1n) is 14.8. The molecule has 2 fully saturated rings. The summed E-state index contributed by atoms with van der Waals surface area (Å²) in [6.07, 6.45) is -6.96. The minimum atomic E-state index is -4.42. The number of piperidine rings is 2. The zero-order valence-corrected chi connectivity index (χ0v) is 25.1. The predicted octanol–water partition coefficient (Wildman–Crippen LogP) is 8.68. The highest BCUT2D eigenvalue weighted by Crippen LogP contribution is 2.37. The Kier molecular flexibility index (Phi) is 10.7. The SMILES string of the molecule is CC(C)C.FC(F)(F)c1ccc2onc(C3CCNCC3)c2c1.O=C(O)N1CCC(c2noc3ccc(C(F)(F)F)cc23)CC1. The third kappa shape index (κ3) is 8.68. The number of amides is 1. The number of fused-ring (bicyclic) bond motifs is 2. The van der Waals surface area contributed by atoms with Gasteiger partial charge in [-0.1, -0.05) is 31.1 Å². The molecular formula is C31H36F6N4O4. The topological polar surface area (TPSA) is 105 Å². The summed E-state index contributed by atoms with van der Waals surface area (Å²) in [6, 6.07) is 6.79. The molecule has 246 valence electrons. The maximum atomic E-state index is 12.8. The van der Waals surface area contributed by atoms with Gasteiger partial charge in [0.1, 0.15) is 0 Å². The monoisotopic (exact) mass is 642 g/mol. The molecule has 2 saturated heterocycles. The number of hydrogen-bond acceptors (Lipinski definition) is 6. The number of nitrogens with one attached hydrogen (secondary N) is 1. The Morgan fingerprint density at radius 2 is 1.20 bits per heavy atom. The number of nitrogens with zero attached hydrogens (tertiary/aromatic N) is 3. The van der Waals surface area contributed by atoms with Crippen molar-refractivity contribution in [2.45, 2.75) is 70.6 Å². The fourth-order valence-corrected chi connectivity index (χ4v) is 5.30. The van der Waals surface area contributed by atoms with Crippen molar-refractivity contribution in [3.8, 4) is 0 Å². The molecule has 4 aromatic rings. The van der Waals surface area contributed by atoms with E-state index in [1.165, 1.54) is 17.0 Å². The molecule has 4 heterocycles. The van der Waals surface area contributed by atoms with E-state index in [-0.39, 0.29) is 11.8 Å². The van der Waals surface area contributed by atoms with Crippen molar-refractivity contribution in [1.82, 2.24) is 20.5 Å². The molecular weight excluding hydrogens is 606 g/mol. The molecule has 2 aliphatic heterocycles. The van der Waals surface area contributed by atoms with Gasteiger partial charge in [-0.05, 0) is 81.1 Å². The van der Waals surface area contributed by atoms with Crippen LogP contribution in [0.5, 0.6) is 0 Å². The Morgan fingerprint density at radius 3 is 1.58 bits per heavy atom. The van der Waals surface area contributed by atoms with Crippen LogP contribution in [0.15, 0.2) is 45.4 Å². The van der Waals surface area contributed by atoms with Crippen LogP contribution in [-0.2, 0) is 12.4 Å². The van der Waals surface area contributed by atoms with Crippen LogP contribution < -0.4 is 5.32 Å². The quantitative estimate of drug-likeness (QED) is 0.211. The van der Waals surface area contributed by atoms with Gasteiger partial charge in [-0.3, -0.25) is 0 Å². The van der Waals surface area contributed by atoms with Gasteiger partial charge < -0.3 is 24.4 Å². The van der Waals surface area contributed by atoms with E-state index in [0.717, 1.165) is 56.1 Å². The average Bonchev–Trinajstić information content (AvgIpc) is 3.61. The van der Waals surface area contributed by atoms with Crippen molar-refractivity contribution in [1.29, 1.82) is 0 Å². The number of rotatable bonds is 2. The third-order valence-electron chi connectivity index (χ3n) is 7.53. The minimum absolute atomic E-state index is 0.0969. The molecule has 2 aliphatic rings. The van der Waals surface area contributed by atoms with Crippen molar-refractivity contribution in [2.24, 2.45) is 5.92 Å². The molecule has 0 spiro atoms. The number of hydrogen-bond donors (Lipinski definition) is 2. The lowest BCUT2D eigenvalue weighted by Crippen LogP contribution is -2.36. The summed E-state index contributed by atoms with van der Waals surface area (Å²) in [6.45, 7) is 8.90. The third-order valence-corrected chi connectivity index (χ3v) is 7.53. The molecule has 0 bridgehead atoms. The van der Waals surface area contributed by atoms with E-state index in [4.69, 9.17) is 14.2 Å². The smallest absolute Gasteiger partial charge is 0.416 e. The summed E-state index contributed by atoms with van der Waals surface area (Å²) < 4.78 is 86.9. The zero-order chi connectivity index (χ0) is 32.9. The van der Waals surface area contributed by atoms with Crippen LogP contribution in [0.1, 0.15) is 80.8 Å². The van der Waals surface area contributed by atoms with Gasteiger partial charge in [0.2, 0.25) is 0 Å². The fourth-order valence-electron chi connectivity index (χ4n) is 5.30. The summed E-state index contributed by atoms with van der Waals surface area (Å²) in [4.78, 5) is 12.2. The molecule has 0 saturated carbocycles. The van der Waals surface area contributed by atoms with Gasteiger partial charge in [0.05, 0.1) is 22.5 Å². The van der Waals surface area contributed by atoms with E-state index < -0.39 is 29.6 Å². The number of alkyl halides is 6. The van der Waals surface area contributed by atoms with Crippen LogP contribution in [0.4, 0.5) is 31.1 Å². The lowest BCUT2D eigenvalue weighted by atomic mass is 9.91. The number of halogens is 6. The second-order valence-electron chi connectivity index (χ2n) is 11.9. The Morgan fingerprint density at radius 1 is 0.800 bits per heavy atom. The predicted molar refractivity (Wildman–Crippen MR) is 155 cm³/mol. The Balaban J connectivity index is 0.000000185. The fraction of sp³-hybridized carbons (Fsp3) is 0.516. The van der Waals surface area contributed by atoms with Crippen LogP contribution in [-0.4, -0.2) is 52.6 Å². The minimum Gasteiger partial charge on any atom is -0.465 e. The Bertz CT molecular complexity index is 1560. The van der Waals surface area contributed by atoms with Crippen molar-refractivity contribution in [3.63, 3.8) is 0 Å². The van der Waals surface area contributed by atoms with E-state index in [2.05, 4.69) is 36.4 Å². The first-order chi connectivity index (χ1) is 21.1. The van der Waals surface area contributed by atoms with Crippen LogP contribution in [0.2, 0.25) is 0 Å². The van der Waals surface area contributed by atoms with Crippen molar-refractivity contribution in [2.75, 3.05) is 26.2 Å². The molecule has 45 heavy (non-hydrogen) atoms. The second-order valence-corrected chi connectivity index (χ2v) is 11.9. The van der Waals surface area contributed by atoms with Gasteiger partial charge in [-0.2, -0.15) is 26.3 Å². The van der Waals surface area contributed by atoms with Gasteiger partial charge in [-0.15, -0.1) is 0 Å². The molecule has 2 aromatic carbocycles. The molecule has 2 aromatic heterocycles. The zero-order valence-electron chi connectivity index (χ0n) is 25.1. The Labute approximate surface area is 255 Å². The summed E-state index contributed by atoms with van der Waals surface area (Å²) in [5.74, 6) is 0.909. The Hall–Kier alpha value is -3.81. The van der Waals surface area contributed by atoms with Crippen molar-refractivity contribution in [3.05, 3.63) is 58.9 Å². The van der Waals surface area contributed by atoms with Crippen LogP contribution in [0.3, 0.4) is 0 Å². The maximum absolute atomic E-state index is 12.8. The van der Waals surface area contributed by atoms with Crippen LogP contribution in [0, 0.1) is 5.92 Å². The molecule has 0 atom stereocenters. The lowest BCUT2D eigenvalue weighted by Gasteiger charge is -2.28. The molecule has 2 N–H and O–H groups in total. The first kappa shape index (κ1) is 34.1. The molecule has 0 unspecified atom stereocenters. The highest BCUT2D eigenvalue weighted by atomic mass is 19.4. The maximum Gasteiger partial charge on any atom is 0.416 e. The lowest BCUT2D eigenvalue weighted by molar-refractivity contribution is -0.138. The average molecular weight is 643 g/mol. The van der Waals surface area contributed by atoms with E-state index >= 15 is 0 Å². The van der Waals surface area contributed by atoms with Gasteiger partial charge in [0, 0.05) is 35.7 Å². The molecule has 14 heteroatoms. The number of likely N-dealkylation sites (tertiary alicyclic amines) is 1. The number of carbonyl (C=O) groups is 1. The molecule has 1 amide bonds. The van der Waals surface area contributed by atoms with E-state index in [9.17, 15) is 31.1 Å². The van der Waals surface area contributed by atoms with Crippen molar-refractivity contribution >= 4 is 28.0 Å². The van der Waals surface area contributed by atoms with Gasteiger partial charge >= 0.3 is 18.4 Å². The largest absolute Gasteiger partial charge is 0.465 e. The second kappa shape index (κ2) is 14.1. The van der Waals surface area contributed by atoms with Gasteiger partial charge in [0.15, 0.2) is 11.2 Å². The summed E-state index contributed by atoms with van der Waals surface area (Å²) >= 11 is 0. The first-order valence-corrected chi connectivity index (χ1v) is 14.8. The van der Waals surface area contributed by atoms with Crippen molar-refractivity contribution < 1.29 is 45.3 Å². The van der Waals surface area contributed by atoms with Gasteiger partial charge in [0.25, 0.3) is 0 Å². The highest BCUT2D eigenvalue weighted by Gasteiger charge is 2.33. The number of carboxylic acid groups (broad SMARTS) is 1. The highest BCUT2D eigenvalue weighted by molar-refractivity contribution is 5.81. The summed E-state index contributed by atoms with van der Waals surface area (Å²) in [7, 11) is 0. The number of aromatic nitrogens is 2. The summed E-state index contributed by atoms with van der Waals surface area (Å²) in [5.41, 5.74) is 0.463. The molecule has 8 nitrogen and oxygen atoms in total. The normalized spacial score (nSPS) is 16.8. The van der Waals surface area contributed by atoms with Crippen LogP contribution >= 0.6 is 0 Å². The van der Waals surface area contributed by atoms with E-state index in [1.54, 1.807) is 0 Å². The summed E-state index contributed by atoms with van der Waals surface area (Å²) in [5, 5.41) is 20.9. The van der Waals surface area contributed by atoms with E-state index in [0.29, 0.717) is 59.3 Å².